The van der Waals surface area contributed by atoms with E-state index in [1.165, 1.54) is 30.3 Å². The second kappa shape index (κ2) is 10.2. The summed E-state index contributed by atoms with van der Waals surface area (Å²) >= 11 is 0. The number of benzene rings is 2. The van der Waals surface area contributed by atoms with Gasteiger partial charge in [0.15, 0.2) is 0 Å². The van der Waals surface area contributed by atoms with Crippen LogP contribution in [0.5, 0.6) is 0 Å². The molecular formula is C23H24N4O6S. The minimum absolute atomic E-state index is 0.0512. The Hall–Kier alpha value is -3.54. The molecule has 1 heterocycles. The van der Waals surface area contributed by atoms with E-state index in [4.69, 9.17) is 9.29 Å². The van der Waals surface area contributed by atoms with Gasteiger partial charge in [0.05, 0.1) is 34.9 Å². The first kappa shape index (κ1) is 23.6. The number of hydrogen-bond donors (Lipinski definition) is 2. The maximum Gasteiger partial charge on any atom is 0.294 e. The lowest BCUT2D eigenvalue weighted by atomic mass is 10.1. The Kier molecular flexibility index (Phi) is 7.06. The number of allylic oxidation sites excluding steroid dienone is 2. The van der Waals surface area contributed by atoms with Crippen molar-refractivity contribution < 1.29 is 22.6 Å². The molecule has 0 atom stereocenters. The molecule has 0 amide bonds. The highest BCUT2D eigenvalue weighted by Crippen LogP contribution is 2.35. The monoisotopic (exact) mass is 484 g/mol. The third kappa shape index (κ3) is 5.68. The Morgan fingerprint density at radius 3 is 2.53 bits per heavy atom. The fourth-order valence-corrected chi connectivity index (χ4v) is 4.47. The summed E-state index contributed by atoms with van der Waals surface area (Å²) in [4.78, 5) is 12.8. The molecule has 0 radical (unpaired) electrons. The first-order valence-electron chi connectivity index (χ1n) is 10.7. The van der Waals surface area contributed by atoms with Crippen LogP contribution in [-0.4, -0.2) is 55.3 Å². The van der Waals surface area contributed by atoms with Crippen LogP contribution in [0.4, 0.5) is 11.4 Å². The van der Waals surface area contributed by atoms with Crippen molar-refractivity contribution in [2.45, 2.75) is 17.7 Å². The van der Waals surface area contributed by atoms with Crippen LogP contribution in [0.25, 0.3) is 6.08 Å². The van der Waals surface area contributed by atoms with Crippen molar-refractivity contribution in [3.05, 3.63) is 81.1 Å². The summed E-state index contributed by atoms with van der Waals surface area (Å²) in [6.07, 6.45) is 5.27. The van der Waals surface area contributed by atoms with Crippen molar-refractivity contribution in [3.8, 4) is 0 Å². The second-order valence-corrected chi connectivity index (χ2v) is 9.29. The molecule has 2 N–H and O–H groups in total. The van der Waals surface area contributed by atoms with Crippen LogP contribution >= 0.6 is 0 Å². The van der Waals surface area contributed by atoms with Crippen LogP contribution in [0.2, 0.25) is 0 Å². The molecule has 4 rings (SSSR count). The number of non-ortho nitro benzene ring substituents is 1. The van der Waals surface area contributed by atoms with Gasteiger partial charge in [-0.15, -0.1) is 0 Å². The molecule has 0 unspecified atom stereocenters. The zero-order valence-corrected chi connectivity index (χ0v) is 19.1. The van der Waals surface area contributed by atoms with E-state index in [1.807, 2.05) is 12.1 Å². The van der Waals surface area contributed by atoms with Gasteiger partial charge in [0.25, 0.3) is 15.8 Å². The van der Waals surface area contributed by atoms with Crippen LogP contribution in [0, 0.1) is 10.1 Å². The van der Waals surface area contributed by atoms with Gasteiger partial charge in [0.2, 0.25) is 0 Å². The van der Waals surface area contributed by atoms with Crippen molar-refractivity contribution in [2.75, 3.05) is 31.7 Å². The first-order valence-corrected chi connectivity index (χ1v) is 12.1. The summed E-state index contributed by atoms with van der Waals surface area (Å²) in [6.45, 7) is 2.72. The molecule has 0 bridgehead atoms. The van der Waals surface area contributed by atoms with Gasteiger partial charge in [-0.2, -0.15) is 13.5 Å². The predicted octanol–water partition coefficient (Wildman–Crippen LogP) is 3.70. The van der Waals surface area contributed by atoms with E-state index in [0.717, 1.165) is 48.3 Å². The predicted molar refractivity (Wildman–Crippen MR) is 128 cm³/mol. The fraction of sp³-hybridized carbons (Fsp3) is 0.261. The van der Waals surface area contributed by atoms with E-state index in [2.05, 4.69) is 15.4 Å². The standard InChI is InChI=1S/C23H24N4O6S/c28-27(29)21-3-1-2-17(15-21)14-18-4-5-19(23(18)26-10-12-33-13-11-26)16-24-25-20-6-8-22(9-7-20)34(30,31)32/h1-3,6-9,14-16,25H,4-5,10-13H2,(H,30,31,32)/b18-14+,24-16-. The first-order chi connectivity index (χ1) is 16.3. The normalized spacial score (nSPS) is 18.1. The van der Waals surface area contributed by atoms with Crippen molar-refractivity contribution in [3.63, 3.8) is 0 Å². The van der Waals surface area contributed by atoms with E-state index < -0.39 is 15.0 Å². The lowest BCUT2D eigenvalue weighted by Crippen LogP contribution is -2.36. The van der Waals surface area contributed by atoms with Gasteiger partial charge in [0, 0.05) is 30.9 Å². The maximum atomic E-state index is 11.2. The number of hydrogen-bond acceptors (Lipinski definition) is 8. The minimum Gasteiger partial charge on any atom is -0.378 e. The summed E-state index contributed by atoms with van der Waals surface area (Å²) in [5.74, 6) is 0. The number of nitrogens with one attached hydrogen (secondary N) is 1. The van der Waals surface area contributed by atoms with Crippen LogP contribution < -0.4 is 5.43 Å². The van der Waals surface area contributed by atoms with Crippen molar-refractivity contribution in [2.24, 2.45) is 5.10 Å². The number of nitrogens with zero attached hydrogens (tertiary/aromatic N) is 3. The van der Waals surface area contributed by atoms with Gasteiger partial charge in [0.1, 0.15) is 0 Å². The Bertz CT molecular complexity index is 1260. The van der Waals surface area contributed by atoms with Crippen LogP contribution in [0.3, 0.4) is 0 Å². The zero-order chi connectivity index (χ0) is 24.1. The lowest BCUT2D eigenvalue weighted by Gasteiger charge is -2.31. The largest absolute Gasteiger partial charge is 0.378 e. The van der Waals surface area contributed by atoms with E-state index in [-0.39, 0.29) is 10.6 Å². The molecule has 10 nitrogen and oxygen atoms in total. The molecule has 0 aromatic heterocycles. The van der Waals surface area contributed by atoms with E-state index in [9.17, 15) is 18.5 Å². The molecule has 1 saturated heterocycles. The average molecular weight is 485 g/mol. The maximum absolute atomic E-state index is 11.2. The molecule has 178 valence electrons. The smallest absolute Gasteiger partial charge is 0.294 e. The molecule has 2 aliphatic rings. The Morgan fingerprint density at radius 1 is 1.12 bits per heavy atom. The molecule has 1 aliphatic carbocycles. The molecule has 0 spiro atoms. The Balaban J connectivity index is 1.59. The van der Waals surface area contributed by atoms with E-state index >= 15 is 0 Å². The number of ether oxygens (including phenoxy) is 1. The highest BCUT2D eigenvalue weighted by molar-refractivity contribution is 7.85. The average Bonchev–Trinajstić information content (AvgIpc) is 3.21. The number of anilines is 1. The van der Waals surface area contributed by atoms with Gasteiger partial charge in [-0.25, -0.2) is 0 Å². The summed E-state index contributed by atoms with van der Waals surface area (Å²) in [5.41, 5.74) is 7.44. The summed E-state index contributed by atoms with van der Waals surface area (Å²) in [5, 5.41) is 15.5. The molecule has 0 saturated carbocycles. The molecule has 2 aromatic carbocycles. The number of morpholine rings is 1. The summed E-state index contributed by atoms with van der Waals surface area (Å²) in [6, 6.07) is 12.2. The fourth-order valence-electron chi connectivity index (χ4n) is 3.99. The van der Waals surface area contributed by atoms with Crippen molar-refractivity contribution in [1.29, 1.82) is 0 Å². The number of nitro groups is 1. The number of nitro benzene ring substituents is 1. The Morgan fingerprint density at radius 2 is 1.85 bits per heavy atom. The minimum atomic E-state index is -4.25. The van der Waals surface area contributed by atoms with Crippen molar-refractivity contribution >= 4 is 33.8 Å². The zero-order valence-electron chi connectivity index (χ0n) is 18.3. The second-order valence-electron chi connectivity index (χ2n) is 7.86. The van der Waals surface area contributed by atoms with Gasteiger partial charge < -0.3 is 9.64 Å². The van der Waals surface area contributed by atoms with Gasteiger partial charge >= 0.3 is 0 Å². The van der Waals surface area contributed by atoms with Crippen LogP contribution in [0.15, 0.2) is 75.4 Å². The van der Waals surface area contributed by atoms with Crippen LogP contribution in [0.1, 0.15) is 18.4 Å². The molecular weight excluding hydrogens is 460 g/mol. The van der Waals surface area contributed by atoms with Crippen molar-refractivity contribution in [1.82, 2.24) is 4.90 Å². The molecule has 11 heteroatoms. The molecule has 1 fully saturated rings. The topological polar surface area (TPSA) is 134 Å². The van der Waals surface area contributed by atoms with Gasteiger partial charge in [-0.3, -0.25) is 20.1 Å². The number of hydrazone groups is 1. The van der Waals surface area contributed by atoms with E-state index in [0.29, 0.717) is 18.9 Å². The third-order valence-corrected chi connectivity index (χ3v) is 6.46. The highest BCUT2D eigenvalue weighted by Gasteiger charge is 2.25. The number of rotatable bonds is 7. The SMILES string of the molecule is O=[N+]([O-])c1cccc(/C=C2\CCC(/C=N\Nc3ccc(S(=O)(=O)O)cc3)=C2N2CCOCC2)c1. The van der Waals surface area contributed by atoms with E-state index in [1.54, 1.807) is 18.3 Å². The van der Waals surface area contributed by atoms with Gasteiger partial charge in [-0.05, 0) is 59.9 Å². The van der Waals surface area contributed by atoms with Gasteiger partial charge in [-0.1, -0.05) is 12.1 Å². The lowest BCUT2D eigenvalue weighted by molar-refractivity contribution is -0.384. The van der Waals surface area contributed by atoms with Crippen LogP contribution in [-0.2, 0) is 14.9 Å². The Labute approximate surface area is 197 Å². The summed E-state index contributed by atoms with van der Waals surface area (Å²) < 4.78 is 36.9. The molecule has 1 aliphatic heterocycles. The molecule has 34 heavy (non-hydrogen) atoms. The highest BCUT2D eigenvalue weighted by atomic mass is 32.2. The molecule has 2 aromatic rings. The summed E-state index contributed by atoms with van der Waals surface area (Å²) in [7, 11) is -4.25. The quantitative estimate of drug-likeness (QED) is 0.263. The third-order valence-electron chi connectivity index (χ3n) is 5.59.